The van der Waals surface area contributed by atoms with E-state index in [0.29, 0.717) is 0 Å². The van der Waals surface area contributed by atoms with Crippen LogP contribution in [0.4, 0.5) is 0 Å². The third-order valence-electron chi connectivity index (χ3n) is 4.58. The molecule has 1 aromatic rings. The average molecular weight is 367 g/mol. The molecule has 0 aliphatic heterocycles. The summed E-state index contributed by atoms with van der Waals surface area (Å²) in [6.07, 6.45) is 19.4. The minimum absolute atomic E-state index is 0.0454. The first kappa shape index (κ1) is 22.3. The summed E-state index contributed by atoms with van der Waals surface area (Å²) in [5.41, 5.74) is 0.753. The van der Waals surface area contributed by atoms with Gasteiger partial charge in [0.1, 0.15) is 0 Å². The molecular formula is C21H38N2OS. The van der Waals surface area contributed by atoms with Gasteiger partial charge < -0.3 is 4.98 Å². The Balaban J connectivity index is 1.82. The predicted molar refractivity (Wildman–Crippen MR) is 111 cm³/mol. The smallest absolute Gasteiger partial charge is 0.251 e. The van der Waals surface area contributed by atoms with Gasteiger partial charge in [-0.2, -0.15) is 0 Å². The first-order valence-corrected chi connectivity index (χ1v) is 11.4. The molecule has 1 heterocycles. The van der Waals surface area contributed by atoms with Crippen LogP contribution in [0.5, 0.6) is 0 Å². The van der Waals surface area contributed by atoms with E-state index in [1.54, 1.807) is 11.8 Å². The van der Waals surface area contributed by atoms with Crippen molar-refractivity contribution in [2.24, 2.45) is 0 Å². The van der Waals surface area contributed by atoms with E-state index in [4.69, 9.17) is 0 Å². The monoisotopic (exact) mass is 366 g/mol. The summed E-state index contributed by atoms with van der Waals surface area (Å²) in [4.78, 5) is 18.5. The van der Waals surface area contributed by atoms with Crippen LogP contribution < -0.4 is 5.56 Å². The molecule has 0 bridgehead atoms. The lowest BCUT2D eigenvalue weighted by Gasteiger charge is -2.04. The standard InChI is InChI=1S/C21H38N2OS/c1-3-4-5-6-7-8-9-10-11-12-13-14-15-16-17-25-21-22-19(2)18-20(24)23-21/h18H,3-17H2,1-2H3,(H,22,23,24). The lowest BCUT2D eigenvalue weighted by Crippen LogP contribution is -2.08. The molecule has 0 aliphatic rings. The van der Waals surface area contributed by atoms with Crippen LogP contribution in [-0.2, 0) is 0 Å². The van der Waals surface area contributed by atoms with Gasteiger partial charge in [-0.3, -0.25) is 4.79 Å². The maximum Gasteiger partial charge on any atom is 0.251 e. The van der Waals surface area contributed by atoms with Crippen LogP contribution in [0, 0.1) is 6.92 Å². The molecule has 4 heteroatoms. The molecule has 25 heavy (non-hydrogen) atoms. The zero-order valence-electron chi connectivity index (χ0n) is 16.4. The Morgan fingerprint density at radius 1 is 0.840 bits per heavy atom. The second-order valence-corrected chi connectivity index (χ2v) is 8.22. The summed E-state index contributed by atoms with van der Waals surface area (Å²) >= 11 is 1.67. The number of hydrogen-bond donors (Lipinski definition) is 1. The van der Waals surface area contributed by atoms with Gasteiger partial charge in [0.05, 0.1) is 0 Å². The van der Waals surface area contributed by atoms with Crippen LogP contribution >= 0.6 is 11.8 Å². The fraction of sp³-hybridized carbons (Fsp3) is 0.810. The Hall–Kier alpha value is -0.770. The molecule has 1 rings (SSSR count). The number of nitrogens with zero attached hydrogens (tertiary/aromatic N) is 1. The van der Waals surface area contributed by atoms with E-state index in [9.17, 15) is 4.79 Å². The fourth-order valence-corrected chi connectivity index (χ4v) is 4.01. The lowest BCUT2D eigenvalue weighted by molar-refractivity contribution is 0.538. The number of nitrogens with one attached hydrogen (secondary N) is 1. The lowest BCUT2D eigenvalue weighted by atomic mass is 10.0. The van der Waals surface area contributed by atoms with E-state index >= 15 is 0 Å². The summed E-state index contributed by atoms with van der Waals surface area (Å²) in [5.74, 6) is 1.05. The summed E-state index contributed by atoms with van der Waals surface area (Å²) in [7, 11) is 0. The van der Waals surface area contributed by atoms with Gasteiger partial charge in [0.2, 0.25) is 0 Å². The molecule has 144 valence electrons. The summed E-state index contributed by atoms with van der Waals surface area (Å²) < 4.78 is 0. The molecule has 0 fully saturated rings. The number of aromatic nitrogens is 2. The first-order valence-electron chi connectivity index (χ1n) is 10.4. The van der Waals surface area contributed by atoms with Gasteiger partial charge in [-0.05, 0) is 13.3 Å². The van der Waals surface area contributed by atoms with Crippen LogP contribution in [0.1, 0.15) is 103 Å². The summed E-state index contributed by atoms with van der Waals surface area (Å²) in [5, 5.41) is 0.764. The average Bonchev–Trinajstić information content (AvgIpc) is 2.57. The molecule has 1 aromatic heterocycles. The molecule has 0 saturated carbocycles. The normalized spacial score (nSPS) is 11.1. The minimum Gasteiger partial charge on any atom is -0.301 e. The molecule has 0 aromatic carbocycles. The van der Waals surface area contributed by atoms with E-state index in [1.165, 1.54) is 96.0 Å². The summed E-state index contributed by atoms with van der Waals surface area (Å²) in [6, 6.07) is 1.54. The topological polar surface area (TPSA) is 45.8 Å². The molecule has 1 N–H and O–H groups in total. The van der Waals surface area contributed by atoms with Crippen molar-refractivity contribution in [3.8, 4) is 0 Å². The molecule has 0 radical (unpaired) electrons. The second kappa shape index (κ2) is 15.5. The second-order valence-electron chi connectivity index (χ2n) is 7.14. The third-order valence-corrected chi connectivity index (χ3v) is 5.54. The molecule has 0 unspecified atom stereocenters. The molecule has 3 nitrogen and oxygen atoms in total. The number of hydrogen-bond acceptors (Lipinski definition) is 3. The van der Waals surface area contributed by atoms with Gasteiger partial charge in [0.15, 0.2) is 5.16 Å². The van der Waals surface area contributed by atoms with Crippen LogP contribution in [0.2, 0.25) is 0 Å². The third kappa shape index (κ3) is 13.1. The highest BCUT2D eigenvalue weighted by Crippen LogP contribution is 2.16. The van der Waals surface area contributed by atoms with Gasteiger partial charge >= 0.3 is 0 Å². The number of H-pyrrole nitrogens is 1. The van der Waals surface area contributed by atoms with Crippen molar-refractivity contribution in [1.82, 2.24) is 9.97 Å². The minimum atomic E-state index is -0.0454. The van der Waals surface area contributed by atoms with Crippen molar-refractivity contribution < 1.29 is 0 Å². The van der Waals surface area contributed by atoms with Crippen molar-refractivity contribution in [1.29, 1.82) is 0 Å². The van der Waals surface area contributed by atoms with Crippen molar-refractivity contribution in [2.45, 2.75) is 109 Å². The Labute approximate surface area is 158 Å². The maximum absolute atomic E-state index is 11.4. The highest BCUT2D eigenvalue weighted by molar-refractivity contribution is 7.99. The molecule has 0 spiro atoms. The number of unbranched alkanes of at least 4 members (excludes halogenated alkanes) is 13. The zero-order chi connectivity index (χ0) is 18.2. The maximum atomic E-state index is 11.4. The van der Waals surface area contributed by atoms with Crippen molar-refractivity contribution in [2.75, 3.05) is 5.75 Å². The zero-order valence-corrected chi connectivity index (χ0v) is 17.3. The number of aromatic amines is 1. The molecule has 0 atom stereocenters. The SMILES string of the molecule is CCCCCCCCCCCCCCCCSc1nc(C)cc(=O)[nH]1. The van der Waals surface area contributed by atoms with Crippen LogP contribution in [0.15, 0.2) is 16.0 Å². The molecule has 0 aliphatic carbocycles. The number of aryl methyl sites for hydroxylation is 1. The Kier molecular flexibility index (Phi) is 13.8. The van der Waals surface area contributed by atoms with Crippen LogP contribution in [0.25, 0.3) is 0 Å². The summed E-state index contributed by atoms with van der Waals surface area (Å²) in [6.45, 7) is 4.15. The van der Waals surface area contributed by atoms with Gasteiger partial charge in [-0.25, -0.2) is 4.98 Å². The Morgan fingerprint density at radius 2 is 1.32 bits per heavy atom. The highest BCUT2D eigenvalue weighted by Gasteiger charge is 1.99. The first-order chi connectivity index (χ1) is 12.2. The van der Waals surface area contributed by atoms with Crippen LogP contribution in [-0.4, -0.2) is 15.7 Å². The Bertz CT molecular complexity index is 487. The number of rotatable bonds is 16. The largest absolute Gasteiger partial charge is 0.301 e. The fourth-order valence-electron chi connectivity index (χ4n) is 3.09. The van der Waals surface area contributed by atoms with Gasteiger partial charge in [-0.1, -0.05) is 102 Å². The van der Waals surface area contributed by atoms with Crippen molar-refractivity contribution in [3.05, 3.63) is 22.1 Å². The van der Waals surface area contributed by atoms with Crippen molar-refractivity contribution in [3.63, 3.8) is 0 Å². The highest BCUT2D eigenvalue weighted by atomic mass is 32.2. The Morgan fingerprint density at radius 3 is 1.80 bits per heavy atom. The van der Waals surface area contributed by atoms with Gasteiger partial charge in [0.25, 0.3) is 5.56 Å². The molecule has 0 saturated heterocycles. The molecule has 0 amide bonds. The van der Waals surface area contributed by atoms with E-state index in [2.05, 4.69) is 16.9 Å². The number of thioether (sulfide) groups is 1. The van der Waals surface area contributed by atoms with E-state index in [0.717, 1.165) is 16.6 Å². The van der Waals surface area contributed by atoms with Crippen molar-refractivity contribution >= 4 is 11.8 Å². The predicted octanol–water partition coefficient (Wildman–Crippen LogP) is 6.65. The quantitative estimate of drug-likeness (QED) is 0.202. The van der Waals surface area contributed by atoms with Crippen LogP contribution in [0.3, 0.4) is 0 Å². The van der Waals surface area contributed by atoms with Gasteiger partial charge in [0, 0.05) is 17.5 Å². The van der Waals surface area contributed by atoms with Gasteiger partial charge in [-0.15, -0.1) is 0 Å². The van der Waals surface area contributed by atoms with E-state index in [1.807, 2.05) is 6.92 Å². The van der Waals surface area contributed by atoms with E-state index in [-0.39, 0.29) is 5.56 Å². The molecular weight excluding hydrogens is 328 g/mol. The van der Waals surface area contributed by atoms with E-state index < -0.39 is 0 Å².